The monoisotopic (exact) mass is 462 g/mol. The molecule has 0 spiro atoms. The predicted molar refractivity (Wildman–Crippen MR) is 133 cm³/mol. The molecule has 2 aliphatic heterocycles. The molecule has 0 radical (unpaired) electrons. The number of amides is 1. The lowest BCUT2D eigenvalue weighted by atomic mass is 10.1. The number of hydrogen-bond donors (Lipinski definition) is 1. The normalized spacial score (nSPS) is 16.6. The van der Waals surface area contributed by atoms with E-state index in [9.17, 15) is 4.79 Å². The van der Waals surface area contributed by atoms with Crippen molar-refractivity contribution in [3.63, 3.8) is 0 Å². The number of hydrazone groups is 1. The maximum Gasteiger partial charge on any atom is 0.283 e. The van der Waals surface area contributed by atoms with E-state index in [2.05, 4.69) is 30.9 Å². The fraction of sp³-hybridized carbons (Fsp3) is 0.280. The molecule has 1 N–H and O–H groups in total. The van der Waals surface area contributed by atoms with Crippen molar-refractivity contribution in [3.8, 4) is 11.5 Å². The third-order valence-corrected chi connectivity index (χ3v) is 6.20. The molecule has 0 aromatic heterocycles. The standard InChI is InChI=1S/C25H26N4O3S/c1-4-6-22-28-29-23(26)21(24(30)27-25(29)33-22)15-18-7-5-8-19(14-18)31-11-12-32-20-10-9-16(2)17(3)13-20/h5,7-10,13-15,26H,4,6,11-12H2,1-3H3. The molecule has 0 saturated carbocycles. The van der Waals surface area contributed by atoms with Gasteiger partial charge in [-0.2, -0.15) is 15.1 Å². The number of benzene rings is 2. The SMILES string of the molecule is CCCC1=NN2C(=N)C(=Cc3cccc(OCCOc4ccc(C)c(C)c4)c3)C(=O)N=C2S1. The minimum absolute atomic E-state index is 0.0386. The molecule has 33 heavy (non-hydrogen) atoms. The molecule has 8 heteroatoms. The van der Waals surface area contributed by atoms with E-state index < -0.39 is 5.91 Å². The highest BCUT2D eigenvalue weighted by atomic mass is 32.2. The molecule has 2 aromatic rings. The van der Waals surface area contributed by atoms with Crippen LogP contribution < -0.4 is 9.47 Å². The molecule has 4 rings (SSSR count). The zero-order chi connectivity index (χ0) is 23.4. The molecule has 1 amide bonds. The van der Waals surface area contributed by atoms with Crippen LogP contribution in [0.5, 0.6) is 11.5 Å². The maximum atomic E-state index is 12.6. The van der Waals surface area contributed by atoms with E-state index in [1.54, 1.807) is 6.08 Å². The number of carbonyl (C=O) groups excluding carboxylic acids is 1. The number of rotatable bonds is 8. The van der Waals surface area contributed by atoms with Crippen molar-refractivity contribution in [3.05, 3.63) is 64.7 Å². The first-order chi connectivity index (χ1) is 15.9. The third kappa shape index (κ3) is 5.34. The second-order valence-electron chi connectivity index (χ2n) is 7.78. The first-order valence-electron chi connectivity index (χ1n) is 10.9. The average Bonchev–Trinajstić information content (AvgIpc) is 3.20. The Morgan fingerprint density at radius 3 is 2.55 bits per heavy atom. The number of aryl methyl sites for hydroxylation is 2. The minimum Gasteiger partial charge on any atom is -0.490 e. The number of thioether (sulfide) groups is 1. The van der Waals surface area contributed by atoms with Crippen LogP contribution in [0.1, 0.15) is 36.5 Å². The van der Waals surface area contributed by atoms with Crippen LogP contribution in [-0.4, -0.2) is 40.2 Å². The van der Waals surface area contributed by atoms with Gasteiger partial charge in [0.1, 0.15) is 29.8 Å². The smallest absolute Gasteiger partial charge is 0.283 e. The Bertz CT molecular complexity index is 1190. The fourth-order valence-electron chi connectivity index (χ4n) is 3.33. The van der Waals surface area contributed by atoms with Gasteiger partial charge in [-0.1, -0.05) is 25.1 Å². The summed E-state index contributed by atoms with van der Waals surface area (Å²) in [6.07, 6.45) is 3.40. The quantitative estimate of drug-likeness (QED) is 0.431. The van der Waals surface area contributed by atoms with Crippen molar-refractivity contribution in [2.75, 3.05) is 13.2 Å². The van der Waals surface area contributed by atoms with Crippen LogP contribution in [0.25, 0.3) is 6.08 Å². The van der Waals surface area contributed by atoms with Gasteiger partial charge in [-0.25, -0.2) is 0 Å². The highest BCUT2D eigenvalue weighted by molar-refractivity contribution is 8.26. The Hall–Kier alpha value is -3.39. The highest BCUT2D eigenvalue weighted by Gasteiger charge is 2.35. The molecular formula is C25H26N4O3S. The molecule has 7 nitrogen and oxygen atoms in total. The van der Waals surface area contributed by atoms with E-state index >= 15 is 0 Å². The van der Waals surface area contributed by atoms with E-state index in [1.807, 2.05) is 42.5 Å². The summed E-state index contributed by atoms with van der Waals surface area (Å²) in [7, 11) is 0. The summed E-state index contributed by atoms with van der Waals surface area (Å²) in [5.41, 5.74) is 3.37. The maximum absolute atomic E-state index is 12.6. The van der Waals surface area contributed by atoms with Gasteiger partial charge >= 0.3 is 0 Å². The Labute approximate surface area is 197 Å². The van der Waals surface area contributed by atoms with E-state index in [-0.39, 0.29) is 11.4 Å². The Morgan fingerprint density at radius 2 is 1.82 bits per heavy atom. The number of nitrogens with zero attached hydrogens (tertiary/aromatic N) is 3. The van der Waals surface area contributed by atoms with Crippen LogP contribution >= 0.6 is 11.8 Å². The van der Waals surface area contributed by atoms with Crippen LogP contribution in [0.2, 0.25) is 0 Å². The van der Waals surface area contributed by atoms with Gasteiger partial charge in [0.05, 0.1) is 5.57 Å². The molecule has 0 bridgehead atoms. The second-order valence-corrected chi connectivity index (χ2v) is 8.82. The molecule has 0 unspecified atom stereocenters. The number of carbonyl (C=O) groups is 1. The van der Waals surface area contributed by atoms with Gasteiger partial charge in [-0.3, -0.25) is 10.2 Å². The fourth-order valence-corrected chi connectivity index (χ4v) is 4.32. The number of fused-ring (bicyclic) bond motifs is 1. The predicted octanol–water partition coefficient (Wildman–Crippen LogP) is 5.18. The van der Waals surface area contributed by atoms with Crippen LogP contribution in [0.4, 0.5) is 0 Å². The van der Waals surface area contributed by atoms with Crippen LogP contribution in [0.3, 0.4) is 0 Å². The second kappa shape index (κ2) is 10.0. The average molecular weight is 463 g/mol. The van der Waals surface area contributed by atoms with Gasteiger partial charge in [-0.05, 0) is 85.5 Å². The van der Waals surface area contributed by atoms with Crippen molar-refractivity contribution in [1.82, 2.24) is 5.01 Å². The number of aliphatic imine (C=N–C) groups is 1. The summed E-state index contributed by atoms with van der Waals surface area (Å²) in [5, 5.41) is 15.7. The topological polar surface area (TPSA) is 87.3 Å². The number of nitrogens with one attached hydrogen (secondary N) is 1. The van der Waals surface area contributed by atoms with Gasteiger partial charge < -0.3 is 9.47 Å². The Balaban J connectivity index is 1.40. The molecule has 0 aliphatic carbocycles. The van der Waals surface area contributed by atoms with E-state index in [1.165, 1.54) is 27.9 Å². The molecule has 2 aliphatic rings. The largest absolute Gasteiger partial charge is 0.490 e. The molecule has 170 valence electrons. The zero-order valence-corrected chi connectivity index (χ0v) is 19.7. The molecule has 0 fully saturated rings. The van der Waals surface area contributed by atoms with Gasteiger partial charge in [0, 0.05) is 0 Å². The van der Waals surface area contributed by atoms with Crippen LogP contribution in [0, 0.1) is 19.3 Å². The van der Waals surface area contributed by atoms with Crippen molar-refractivity contribution >= 4 is 39.8 Å². The van der Waals surface area contributed by atoms with Crippen molar-refractivity contribution < 1.29 is 14.3 Å². The highest BCUT2D eigenvalue weighted by Crippen LogP contribution is 2.30. The molecular weight excluding hydrogens is 436 g/mol. The Morgan fingerprint density at radius 1 is 1.06 bits per heavy atom. The van der Waals surface area contributed by atoms with Gasteiger partial charge in [0.15, 0.2) is 5.84 Å². The van der Waals surface area contributed by atoms with Crippen molar-refractivity contribution in [2.45, 2.75) is 33.6 Å². The van der Waals surface area contributed by atoms with E-state index in [4.69, 9.17) is 14.9 Å². The van der Waals surface area contributed by atoms with Gasteiger partial charge in [0.2, 0.25) is 5.17 Å². The minimum atomic E-state index is -0.431. The lowest BCUT2D eigenvalue weighted by Gasteiger charge is -2.20. The molecule has 2 aromatic carbocycles. The van der Waals surface area contributed by atoms with Crippen molar-refractivity contribution in [2.24, 2.45) is 10.1 Å². The summed E-state index contributed by atoms with van der Waals surface area (Å²) in [4.78, 5) is 16.7. The lowest BCUT2D eigenvalue weighted by Crippen LogP contribution is -2.35. The van der Waals surface area contributed by atoms with Crippen molar-refractivity contribution in [1.29, 1.82) is 5.41 Å². The first kappa shape index (κ1) is 22.8. The summed E-state index contributed by atoms with van der Waals surface area (Å²) in [5.74, 6) is 1.09. The summed E-state index contributed by atoms with van der Waals surface area (Å²) in [6, 6.07) is 13.4. The number of amidine groups is 2. The first-order valence-corrected chi connectivity index (χ1v) is 11.7. The zero-order valence-electron chi connectivity index (χ0n) is 18.9. The molecule has 0 atom stereocenters. The van der Waals surface area contributed by atoms with Crippen LogP contribution in [0.15, 0.2) is 58.1 Å². The third-order valence-electron chi connectivity index (χ3n) is 5.23. The molecule has 0 saturated heterocycles. The van der Waals surface area contributed by atoms with Crippen LogP contribution in [-0.2, 0) is 4.79 Å². The summed E-state index contributed by atoms with van der Waals surface area (Å²) >= 11 is 1.35. The molecule has 2 heterocycles. The van der Waals surface area contributed by atoms with E-state index in [0.717, 1.165) is 29.2 Å². The van der Waals surface area contributed by atoms with E-state index in [0.29, 0.717) is 24.1 Å². The number of hydrogen-bond acceptors (Lipinski definition) is 6. The Kier molecular flexibility index (Phi) is 6.93. The number of ether oxygens (including phenoxy) is 2. The lowest BCUT2D eigenvalue weighted by molar-refractivity contribution is -0.114. The summed E-state index contributed by atoms with van der Waals surface area (Å²) in [6.45, 7) is 6.99. The summed E-state index contributed by atoms with van der Waals surface area (Å²) < 4.78 is 11.6. The van der Waals surface area contributed by atoms with Gasteiger partial charge in [-0.15, -0.1) is 0 Å². The van der Waals surface area contributed by atoms with Gasteiger partial charge in [0.25, 0.3) is 5.91 Å².